The van der Waals surface area contributed by atoms with Crippen LogP contribution in [0.15, 0.2) is 24.3 Å². The number of benzene rings is 1. The quantitative estimate of drug-likeness (QED) is 0.840. The van der Waals surface area contributed by atoms with E-state index in [1.165, 1.54) is 7.11 Å². The molecule has 0 aliphatic rings. The Hall–Kier alpha value is -1.59. The number of amides is 1. The molecule has 19 heavy (non-hydrogen) atoms. The number of nitrogens with two attached hydrogens (primary N) is 1. The standard InChI is InChI=1S/C14H22N2O3/c1-10(11-7-5-6-8-12(11)18-3)16(2)14(17)13(9-15)19-4/h5-8,10,13H,9,15H2,1-4H3. The highest BCUT2D eigenvalue weighted by molar-refractivity contribution is 5.81. The van der Waals surface area contributed by atoms with Gasteiger partial charge in [0.05, 0.1) is 13.2 Å². The predicted octanol–water partition coefficient (Wildman–Crippen LogP) is 1.19. The predicted molar refractivity (Wildman–Crippen MR) is 74.0 cm³/mol. The van der Waals surface area contributed by atoms with Crippen LogP contribution < -0.4 is 10.5 Å². The molecule has 106 valence electrons. The molecule has 0 radical (unpaired) electrons. The highest BCUT2D eigenvalue weighted by atomic mass is 16.5. The second-order valence-electron chi connectivity index (χ2n) is 4.33. The van der Waals surface area contributed by atoms with Crippen LogP contribution in [0.25, 0.3) is 0 Å². The molecule has 1 aromatic carbocycles. The molecule has 5 heteroatoms. The van der Waals surface area contributed by atoms with Crippen LogP contribution in [-0.2, 0) is 9.53 Å². The molecule has 2 N–H and O–H groups in total. The molecule has 1 amide bonds. The number of carbonyl (C=O) groups excluding carboxylic acids is 1. The highest BCUT2D eigenvalue weighted by Crippen LogP contribution is 2.28. The number of carbonyl (C=O) groups is 1. The lowest BCUT2D eigenvalue weighted by atomic mass is 10.1. The molecule has 0 fully saturated rings. The normalized spacial score (nSPS) is 13.7. The van der Waals surface area contributed by atoms with Gasteiger partial charge < -0.3 is 20.1 Å². The molecule has 5 nitrogen and oxygen atoms in total. The summed E-state index contributed by atoms with van der Waals surface area (Å²) in [5.74, 6) is 0.625. The maximum Gasteiger partial charge on any atom is 0.253 e. The molecule has 2 unspecified atom stereocenters. The highest BCUT2D eigenvalue weighted by Gasteiger charge is 2.25. The van der Waals surface area contributed by atoms with E-state index < -0.39 is 6.10 Å². The maximum absolute atomic E-state index is 12.2. The van der Waals surface area contributed by atoms with Crippen molar-refractivity contribution in [2.24, 2.45) is 5.73 Å². The molecule has 0 saturated carbocycles. The van der Waals surface area contributed by atoms with Gasteiger partial charge in [-0.15, -0.1) is 0 Å². The fourth-order valence-electron chi connectivity index (χ4n) is 1.94. The van der Waals surface area contributed by atoms with Crippen molar-refractivity contribution in [1.29, 1.82) is 0 Å². The molecular weight excluding hydrogens is 244 g/mol. The number of rotatable bonds is 6. The van der Waals surface area contributed by atoms with E-state index in [1.807, 2.05) is 31.2 Å². The Labute approximate surface area is 114 Å². The number of methoxy groups -OCH3 is 2. The number of ether oxygens (including phenoxy) is 2. The molecule has 0 aliphatic heterocycles. The number of nitrogens with zero attached hydrogens (tertiary/aromatic N) is 1. The summed E-state index contributed by atoms with van der Waals surface area (Å²) in [6.07, 6.45) is -0.609. The first-order chi connectivity index (χ1) is 9.06. The first-order valence-corrected chi connectivity index (χ1v) is 6.19. The average molecular weight is 266 g/mol. The van der Waals surface area contributed by atoms with Crippen LogP contribution in [0, 0.1) is 0 Å². The minimum Gasteiger partial charge on any atom is -0.496 e. The third kappa shape index (κ3) is 3.45. The van der Waals surface area contributed by atoms with Gasteiger partial charge in [0.1, 0.15) is 11.9 Å². The summed E-state index contributed by atoms with van der Waals surface area (Å²) in [7, 11) is 4.84. The van der Waals surface area contributed by atoms with Crippen LogP contribution in [0.1, 0.15) is 18.5 Å². The second kappa shape index (κ2) is 7.11. The van der Waals surface area contributed by atoms with Gasteiger partial charge in [0.2, 0.25) is 0 Å². The Morgan fingerprint density at radius 1 is 1.37 bits per heavy atom. The van der Waals surface area contributed by atoms with Gasteiger partial charge in [-0.1, -0.05) is 18.2 Å². The fraction of sp³-hybridized carbons (Fsp3) is 0.500. The molecular formula is C14H22N2O3. The van der Waals surface area contributed by atoms with Crippen molar-refractivity contribution in [2.75, 3.05) is 27.8 Å². The van der Waals surface area contributed by atoms with Crippen LogP contribution in [0.5, 0.6) is 5.75 Å². The molecule has 0 spiro atoms. The van der Waals surface area contributed by atoms with E-state index in [1.54, 1.807) is 19.1 Å². The zero-order valence-corrected chi connectivity index (χ0v) is 11.9. The van der Waals surface area contributed by atoms with E-state index in [0.29, 0.717) is 0 Å². The SMILES string of the molecule is COc1ccccc1C(C)N(C)C(=O)C(CN)OC. The molecule has 0 heterocycles. The third-order valence-corrected chi connectivity index (χ3v) is 3.29. The summed E-state index contributed by atoms with van der Waals surface area (Å²) in [4.78, 5) is 13.8. The molecule has 1 rings (SSSR count). The Morgan fingerprint density at radius 3 is 2.53 bits per heavy atom. The van der Waals surface area contributed by atoms with Crippen molar-refractivity contribution < 1.29 is 14.3 Å². The molecule has 0 saturated heterocycles. The van der Waals surface area contributed by atoms with E-state index >= 15 is 0 Å². The lowest BCUT2D eigenvalue weighted by Gasteiger charge is -2.29. The van der Waals surface area contributed by atoms with Gasteiger partial charge in [0, 0.05) is 26.3 Å². The van der Waals surface area contributed by atoms with E-state index in [-0.39, 0.29) is 18.5 Å². The van der Waals surface area contributed by atoms with Crippen LogP contribution in [0.3, 0.4) is 0 Å². The Bertz CT molecular complexity index is 419. The Morgan fingerprint density at radius 2 is 2.00 bits per heavy atom. The van der Waals surface area contributed by atoms with Gasteiger partial charge >= 0.3 is 0 Å². The fourth-order valence-corrected chi connectivity index (χ4v) is 1.94. The van der Waals surface area contributed by atoms with Crippen molar-refractivity contribution in [3.63, 3.8) is 0 Å². The maximum atomic E-state index is 12.2. The van der Waals surface area contributed by atoms with Gasteiger partial charge in [-0.05, 0) is 13.0 Å². The number of likely N-dealkylation sites (N-methyl/N-ethyl adjacent to an activating group) is 1. The van der Waals surface area contributed by atoms with Crippen molar-refractivity contribution in [2.45, 2.75) is 19.1 Å². The van der Waals surface area contributed by atoms with Gasteiger partial charge in [0.25, 0.3) is 5.91 Å². The van der Waals surface area contributed by atoms with Gasteiger partial charge in [-0.2, -0.15) is 0 Å². The number of para-hydroxylation sites is 1. The smallest absolute Gasteiger partial charge is 0.253 e. The van der Waals surface area contributed by atoms with Gasteiger partial charge in [-0.3, -0.25) is 4.79 Å². The van der Waals surface area contributed by atoms with Crippen molar-refractivity contribution >= 4 is 5.91 Å². The molecule has 1 aromatic rings. The first kappa shape index (κ1) is 15.5. The molecule has 2 atom stereocenters. The minimum atomic E-state index is -0.609. The average Bonchev–Trinajstić information content (AvgIpc) is 2.46. The zero-order chi connectivity index (χ0) is 14.4. The monoisotopic (exact) mass is 266 g/mol. The van der Waals surface area contributed by atoms with Crippen LogP contribution >= 0.6 is 0 Å². The van der Waals surface area contributed by atoms with Crippen molar-refractivity contribution in [3.8, 4) is 5.75 Å². The summed E-state index contributed by atoms with van der Waals surface area (Å²) < 4.78 is 10.4. The first-order valence-electron chi connectivity index (χ1n) is 6.19. The summed E-state index contributed by atoms with van der Waals surface area (Å²) >= 11 is 0. The molecule has 0 aromatic heterocycles. The van der Waals surface area contributed by atoms with E-state index in [0.717, 1.165) is 11.3 Å². The second-order valence-corrected chi connectivity index (χ2v) is 4.33. The zero-order valence-electron chi connectivity index (χ0n) is 11.9. The molecule has 0 aliphatic carbocycles. The summed E-state index contributed by atoms with van der Waals surface area (Å²) in [5, 5.41) is 0. The van der Waals surface area contributed by atoms with Gasteiger partial charge in [0.15, 0.2) is 0 Å². The molecule has 0 bridgehead atoms. The minimum absolute atomic E-state index is 0.118. The van der Waals surface area contributed by atoms with Crippen LogP contribution in [0.4, 0.5) is 0 Å². The summed E-state index contributed by atoms with van der Waals surface area (Å²) in [6.45, 7) is 2.11. The topological polar surface area (TPSA) is 64.8 Å². The van der Waals surface area contributed by atoms with Crippen molar-refractivity contribution in [3.05, 3.63) is 29.8 Å². The van der Waals surface area contributed by atoms with Gasteiger partial charge in [-0.25, -0.2) is 0 Å². The van der Waals surface area contributed by atoms with E-state index in [2.05, 4.69) is 0 Å². The van der Waals surface area contributed by atoms with E-state index in [9.17, 15) is 4.79 Å². The Kier molecular flexibility index (Phi) is 5.79. The van der Waals surface area contributed by atoms with Crippen molar-refractivity contribution in [1.82, 2.24) is 4.90 Å². The summed E-state index contributed by atoms with van der Waals surface area (Å²) in [6, 6.07) is 7.52. The third-order valence-electron chi connectivity index (χ3n) is 3.29. The number of hydrogen-bond acceptors (Lipinski definition) is 4. The van der Waals surface area contributed by atoms with Crippen LogP contribution in [0.2, 0.25) is 0 Å². The lowest BCUT2D eigenvalue weighted by Crippen LogP contribution is -2.42. The largest absolute Gasteiger partial charge is 0.496 e. The van der Waals surface area contributed by atoms with E-state index in [4.69, 9.17) is 15.2 Å². The Balaban J connectivity index is 2.92. The number of hydrogen-bond donors (Lipinski definition) is 1. The van der Waals surface area contributed by atoms with Crippen LogP contribution in [-0.4, -0.2) is 44.7 Å². The lowest BCUT2D eigenvalue weighted by molar-refractivity contribution is -0.142. The summed E-state index contributed by atoms with van der Waals surface area (Å²) in [5.41, 5.74) is 6.47.